The number of hydrogen-bond acceptors (Lipinski definition) is 5. The van der Waals surface area contributed by atoms with E-state index in [2.05, 4.69) is 4.72 Å². The van der Waals surface area contributed by atoms with Crippen molar-refractivity contribution in [1.82, 2.24) is 4.72 Å². The molecule has 0 amide bonds. The van der Waals surface area contributed by atoms with Gasteiger partial charge >= 0.3 is 5.97 Å². The maximum Gasteiger partial charge on any atom is 0.325 e. The molecule has 0 saturated heterocycles. The van der Waals surface area contributed by atoms with Gasteiger partial charge in [-0.3, -0.25) is 4.79 Å². The molecule has 1 heterocycles. The van der Waals surface area contributed by atoms with Gasteiger partial charge in [-0.15, -0.1) is 11.3 Å². The molecule has 30 heavy (non-hydrogen) atoms. The molecule has 0 radical (unpaired) electrons. The zero-order chi connectivity index (χ0) is 21.5. The highest BCUT2D eigenvalue weighted by molar-refractivity contribution is 7.91. The lowest BCUT2D eigenvalue weighted by Crippen LogP contribution is -2.45. The first-order chi connectivity index (χ1) is 14.3. The Morgan fingerprint density at radius 3 is 2.50 bits per heavy atom. The summed E-state index contributed by atoms with van der Waals surface area (Å²) < 4.78 is 28.7. The molecule has 3 aromatic rings. The van der Waals surface area contributed by atoms with Crippen LogP contribution in [-0.4, -0.2) is 30.1 Å². The highest BCUT2D eigenvalue weighted by Gasteiger charge is 2.70. The summed E-state index contributed by atoms with van der Waals surface area (Å²) in [5.74, 6) is -2.00. The van der Waals surface area contributed by atoms with Gasteiger partial charge in [-0.1, -0.05) is 55.5 Å². The number of hydrogen-bond donors (Lipinski definition) is 3. The number of aliphatic hydroxyl groups excluding tert-OH is 1. The van der Waals surface area contributed by atoms with E-state index in [1.165, 1.54) is 6.07 Å². The predicted octanol–water partition coefficient (Wildman–Crippen LogP) is 3.44. The second kappa shape index (κ2) is 7.63. The van der Waals surface area contributed by atoms with E-state index in [0.29, 0.717) is 0 Å². The largest absolute Gasteiger partial charge is 0.480 e. The van der Waals surface area contributed by atoms with E-state index in [4.69, 9.17) is 0 Å². The molecular formula is C22H21NO5S2. The molecule has 1 aliphatic rings. The van der Waals surface area contributed by atoms with Crippen molar-refractivity contribution in [3.05, 3.63) is 77.9 Å². The fraction of sp³-hybridized carbons (Fsp3) is 0.227. The second-order valence-corrected chi connectivity index (χ2v) is 10.4. The summed E-state index contributed by atoms with van der Waals surface area (Å²) in [6, 6.07) is 19.5. The molecule has 1 aliphatic carbocycles. The van der Waals surface area contributed by atoms with Gasteiger partial charge in [0.2, 0.25) is 0 Å². The number of aliphatic hydroxyl groups is 1. The summed E-state index contributed by atoms with van der Waals surface area (Å²) in [6.07, 6.45) is 0. The minimum atomic E-state index is -4.04. The molecule has 8 heteroatoms. The van der Waals surface area contributed by atoms with Crippen molar-refractivity contribution in [3.63, 3.8) is 0 Å². The standard InChI is InChI=1S/C22H21NO5S2/c1-14-20(16-7-3-2-4-8-16)22(14,21(25)26)23-30(27,28)19-11-10-18(29-19)17-9-5-6-15(12-17)13-24/h2-12,14,20,23-24H,13H2,1H3,(H,25,26)/t14-,20-,22+/m0/s1. The van der Waals surface area contributed by atoms with Gasteiger partial charge in [-0.2, -0.15) is 4.72 Å². The van der Waals surface area contributed by atoms with Crippen molar-refractivity contribution >= 4 is 27.3 Å². The van der Waals surface area contributed by atoms with Crippen molar-refractivity contribution in [2.75, 3.05) is 0 Å². The van der Waals surface area contributed by atoms with E-state index in [0.717, 1.165) is 32.9 Å². The van der Waals surface area contributed by atoms with Gasteiger partial charge in [-0.05, 0) is 40.8 Å². The smallest absolute Gasteiger partial charge is 0.325 e. The molecule has 156 valence electrons. The fourth-order valence-corrected chi connectivity index (χ4v) is 6.78. The topological polar surface area (TPSA) is 104 Å². The van der Waals surface area contributed by atoms with Crippen molar-refractivity contribution in [3.8, 4) is 10.4 Å². The second-order valence-electron chi connectivity index (χ2n) is 7.43. The average molecular weight is 444 g/mol. The van der Waals surface area contributed by atoms with E-state index in [9.17, 15) is 23.4 Å². The lowest BCUT2D eigenvalue weighted by atomic mass is 10.1. The highest BCUT2D eigenvalue weighted by atomic mass is 32.2. The van der Waals surface area contributed by atoms with Crippen LogP contribution in [0.2, 0.25) is 0 Å². The van der Waals surface area contributed by atoms with Gasteiger partial charge in [0.1, 0.15) is 9.75 Å². The first kappa shape index (κ1) is 20.7. The van der Waals surface area contributed by atoms with Crippen LogP contribution in [0.15, 0.2) is 70.9 Å². The van der Waals surface area contributed by atoms with Crippen LogP contribution in [-0.2, 0) is 21.4 Å². The Morgan fingerprint density at radius 1 is 1.10 bits per heavy atom. The highest BCUT2D eigenvalue weighted by Crippen LogP contribution is 2.58. The summed E-state index contributed by atoms with van der Waals surface area (Å²) >= 11 is 1.07. The van der Waals surface area contributed by atoms with Crippen LogP contribution in [0.1, 0.15) is 24.0 Å². The molecule has 3 atom stereocenters. The summed E-state index contributed by atoms with van der Waals surface area (Å²) in [4.78, 5) is 12.9. The van der Waals surface area contributed by atoms with E-state index >= 15 is 0 Å². The third-order valence-electron chi connectivity index (χ3n) is 5.66. The van der Waals surface area contributed by atoms with Gasteiger partial charge in [0.05, 0.1) is 6.61 Å². The van der Waals surface area contributed by atoms with Crippen molar-refractivity contribution in [2.45, 2.75) is 29.2 Å². The summed E-state index contributed by atoms with van der Waals surface area (Å²) in [7, 11) is -4.04. The Kier molecular flexibility index (Phi) is 5.27. The summed E-state index contributed by atoms with van der Waals surface area (Å²) in [5.41, 5.74) is 0.748. The number of nitrogens with one attached hydrogen (secondary N) is 1. The van der Waals surface area contributed by atoms with E-state index in [1.807, 2.05) is 36.4 Å². The maximum absolute atomic E-state index is 13.1. The molecule has 6 nitrogen and oxygen atoms in total. The van der Waals surface area contributed by atoms with Gasteiger partial charge < -0.3 is 10.2 Å². The average Bonchev–Trinajstić information content (AvgIpc) is 3.08. The van der Waals surface area contributed by atoms with E-state index < -0.39 is 27.4 Å². The molecule has 1 aromatic heterocycles. The van der Waals surface area contributed by atoms with Crippen molar-refractivity contribution < 1.29 is 23.4 Å². The summed E-state index contributed by atoms with van der Waals surface area (Å²) in [6.45, 7) is 1.64. The molecule has 4 rings (SSSR count). The molecular weight excluding hydrogens is 422 g/mol. The molecule has 3 N–H and O–H groups in total. The molecule has 0 aliphatic heterocycles. The van der Waals surface area contributed by atoms with Gasteiger partial charge in [0.15, 0.2) is 0 Å². The first-order valence-electron chi connectivity index (χ1n) is 9.42. The van der Waals surface area contributed by atoms with Crippen molar-refractivity contribution in [2.24, 2.45) is 5.92 Å². The third kappa shape index (κ3) is 3.45. The normalized spacial score (nSPS) is 23.3. The number of sulfonamides is 1. The minimum Gasteiger partial charge on any atom is -0.480 e. The number of rotatable bonds is 7. The SMILES string of the molecule is C[C@H]1[C@@H](c2ccccc2)[C@@]1(NS(=O)(=O)c1ccc(-c2cccc(CO)c2)s1)C(=O)O. The number of carboxylic acids is 1. The fourth-order valence-electron chi connectivity index (χ4n) is 4.02. The Morgan fingerprint density at radius 2 is 1.83 bits per heavy atom. The Balaban J connectivity index is 1.64. The molecule has 1 saturated carbocycles. The Bertz CT molecular complexity index is 1190. The van der Waals surface area contributed by atoms with Crippen LogP contribution < -0.4 is 4.72 Å². The number of aliphatic carboxylic acids is 1. The van der Waals surface area contributed by atoms with Crippen LogP contribution in [0.5, 0.6) is 0 Å². The Labute approximate surface area is 178 Å². The number of carbonyl (C=O) groups is 1. The predicted molar refractivity (Wildman–Crippen MR) is 115 cm³/mol. The quantitative estimate of drug-likeness (QED) is 0.519. The van der Waals surface area contributed by atoms with Crippen LogP contribution in [0, 0.1) is 5.92 Å². The monoisotopic (exact) mass is 443 g/mol. The van der Waals surface area contributed by atoms with E-state index in [-0.39, 0.29) is 16.7 Å². The molecule has 0 spiro atoms. The third-order valence-corrected chi connectivity index (χ3v) is 8.77. The van der Waals surface area contributed by atoms with Crippen molar-refractivity contribution in [1.29, 1.82) is 0 Å². The van der Waals surface area contributed by atoms with Gasteiger partial charge in [0, 0.05) is 10.8 Å². The van der Waals surface area contributed by atoms with Crippen LogP contribution >= 0.6 is 11.3 Å². The minimum absolute atomic E-state index is 0.0541. The molecule has 1 fully saturated rings. The van der Waals surface area contributed by atoms with Crippen LogP contribution in [0.4, 0.5) is 0 Å². The number of carboxylic acid groups (broad SMARTS) is 1. The lowest BCUT2D eigenvalue weighted by Gasteiger charge is -2.15. The zero-order valence-electron chi connectivity index (χ0n) is 16.1. The van der Waals surface area contributed by atoms with Crippen LogP contribution in [0.3, 0.4) is 0 Å². The van der Waals surface area contributed by atoms with Gasteiger partial charge in [-0.25, -0.2) is 8.42 Å². The molecule has 0 bridgehead atoms. The molecule has 0 unspecified atom stereocenters. The van der Waals surface area contributed by atoms with Gasteiger partial charge in [0.25, 0.3) is 10.0 Å². The zero-order valence-corrected chi connectivity index (χ0v) is 17.8. The number of thiophene rings is 1. The van der Waals surface area contributed by atoms with E-state index in [1.54, 1.807) is 31.2 Å². The molecule has 2 aromatic carbocycles. The lowest BCUT2D eigenvalue weighted by molar-refractivity contribution is -0.140. The first-order valence-corrected chi connectivity index (χ1v) is 11.7. The summed E-state index contributed by atoms with van der Waals surface area (Å²) in [5, 5.41) is 19.2. The Hall–Kier alpha value is -2.52. The maximum atomic E-state index is 13.1. The van der Waals surface area contributed by atoms with Crippen LogP contribution in [0.25, 0.3) is 10.4 Å². The number of benzene rings is 2.